The molecule has 0 aliphatic carbocycles. The average Bonchev–Trinajstić information content (AvgIpc) is 2.72. The molecule has 0 unspecified atom stereocenters. The van der Waals surface area contributed by atoms with Crippen molar-refractivity contribution in [2.75, 3.05) is 16.4 Å². The molecule has 0 saturated heterocycles. The average molecular weight is 498 g/mol. The summed E-state index contributed by atoms with van der Waals surface area (Å²) in [5.41, 5.74) is -4.12. The van der Waals surface area contributed by atoms with Crippen LogP contribution in [0, 0.1) is 23.3 Å². The number of carbonyl (C=O) groups is 3. The van der Waals surface area contributed by atoms with E-state index in [-0.39, 0.29) is 12.8 Å². The Bertz CT molecular complexity index is 1050. The van der Waals surface area contributed by atoms with E-state index in [4.69, 9.17) is 5.11 Å². The molecule has 0 aliphatic rings. The largest absolute Gasteiger partial charge is 0.481 e. The Morgan fingerprint density at radius 2 is 1.36 bits per heavy atom. The molecule has 0 aliphatic heterocycles. The lowest BCUT2D eigenvalue weighted by Crippen LogP contribution is -2.21. The lowest BCUT2D eigenvalue weighted by Gasteiger charge is -2.14. The van der Waals surface area contributed by atoms with Crippen LogP contribution in [0.15, 0.2) is 29.2 Å². The Hall–Kier alpha value is -3.29. The van der Waals surface area contributed by atoms with Crippen LogP contribution in [-0.2, 0) is 20.6 Å². The van der Waals surface area contributed by atoms with Gasteiger partial charge in [0.2, 0.25) is 11.8 Å². The second-order valence-corrected chi connectivity index (χ2v) is 7.36. The molecule has 0 aromatic heterocycles. The van der Waals surface area contributed by atoms with E-state index in [1.54, 1.807) is 0 Å². The van der Waals surface area contributed by atoms with Crippen molar-refractivity contribution in [1.82, 2.24) is 0 Å². The van der Waals surface area contributed by atoms with E-state index in [1.807, 2.05) is 0 Å². The van der Waals surface area contributed by atoms with Crippen molar-refractivity contribution >= 4 is 40.9 Å². The maximum atomic E-state index is 13.8. The summed E-state index contributed by atoms with van der Waals surface area (Å²) >= 11 is 0.802. The van der Waals surface area contributed by atoms with Gasteiger partial charge in [0.15, 0.2) is 23.3 Å². The topological polar surface area (TPSA) is 95.5 Å². The summed E-state index contributed by atoms with van der Waals surface area (Å²) in [6.45, 7) is 0. The van der Waals surface area contributed by atoms with Gasteiger partial charge in [0.05, 0.1) is 12.2 Å². The molecule has 6 nitrogen and oxygen atoms in total. The van der Waals surface area contributed by atoms with Crippen LogP contribution in [0.4, 0.5) is 42.1 Å². The second kappa shape index (κ2) is 10.6. The quantitative estimate of drug-likeness (QED) is 0.276. The van der Waals surface area contributed by atoms with Crippen molar-refractivity contribution in [3.63, 3.8) is 0 Å². The molecule has 33 heavy (non-hydrogen) atoms. The number of carbonyl (C=O) groups excluding carboxylic acids is 2. The molecule has 0 spiro atoms. The van der Waals surface area contributed by atoms with Crippen molar-refractivity contribution in [3.05, 3.63) is 53.1 Å². The van der Waals surface area contributed by atoms with Crippen LogP contribution in [0.2, 0.25) is 0 Å². The number of aliphatic carboxylic acids is 1. The lowest BCUT2D eigenvalue weighted by atomic mass is 10.1. The van der Waals surface area contributed by atoms with Gasteiger partial charge in [0, 0.05) is 17.0 Å². The maximum absolute atomic E-state index is 13.8. The number of carboxylic acids is 1. The number of nitrogens with one attached hydrogen (secondary N) is 2. The van der Waals surface area contributed by atoms with E-state index >= 15 is 0 Å². The fourth-order valence-electron chi connectivity index (χ4n) is 2.39. The van der Waals surface area contributed by atoms with Crippen molar-refractivity contribution in [2.24, 2.45) is 0 Å². The third kappa shape index (κ3) is 6.84. The highest BCUT2D eigenvalue weighted by Gasteiger charge is 2.42. The predicted molar refractivity (Wildman–Crippen MR) is 103 cm³/mol. The minimum atomic E-state index is -5.70. The molecular weight excluding hydrogens is 485 g/mol. The van der Waals surface area contributed by atoms with Gasteiger partial charge in [-0.2, -0.15) is 13.2 Å². The molecule has 0 saturated carbocycles. The zero-order valence-corrected chi connectivity index (χ0v) is 17.0. The molecule has 0 fully saturated rings. The van der Waals surface area contributed by atoms with Crippen molar-refractivity contribution in [2.45, 2.75) is 23.9 Å². The molecule has 0 atom stereocenters. The zero-order valence-electron chi connectivity index (χ0n) is 16.2. The summed E-state index contributed by atoms with van der Waals surface area (Å²) in [6, 6.07) is 5.70. The molecule has 14 heteroatoms. The number of carboxylic acid groups (broad SMARTS) is 1. The standard InChI is InChI=1S/C19H13F7N2O4S/c20-14-13(19(24,25)26)15(21)17(23)18(16(14)22)28-11(30)7-33-9-3-1-8(2-4-9)27-10(29)5-6-12(31)32/h1-4H,5-7H2,(H,27,29)(H,28,30)(H,31,32). The van der Waals surface area contributed by atoms with Crippen LogP contribution >= 0.6 is 11.8 Å². The second-order valence-electron chi connectivity index (χ2n) is 6.31. The molecule has 0 radical (unpaired) electrons. The van der Waals surface area contributed by atoms with Gasteiger partial charge in [-0.1, -0.05) is 0 Å². The third-order valence-electron chi connectivity index (χ3n) is 3.89. The summed E-state index contributed by atoms with van der Waals surface area (Å²) in [6.07, 6.45) is -6.30. The van der Waals surface area contributed by atoms with Gasteiger partial charge in [0.1, 0.15) is 11.3 Å². The van der Waals surface area contributed by atoms with E-state index < -0.39 is 64.2 Å². The van der Waals surface area contributed by atoms with Crippen LogP contribution in [0.1, 0.15) is 18.4 Å². The number of rotatable bonds is 8. The van der Waals surface area contributed by atoms with E-state index in [0.29, 0.717) is 10.6 Å². The van der Waals surface area contributed by atoms with Crippen LogP contribution in [-0.4, -0.2) is 28.6 Å². The molecular formula is C19H13F7N2O4S. The highest BCUT2D eigenvalue weighted by atomic mass is 32.2. The first-order valence-corrected chi connectivity index (χ1v) is 9.77. The van der Waals surface area contributed by atoms with Gasteiger partial charge in [0.25, 0.3) is 0 Å². The molecule has 2 aromatic carbocycles. The van der Waals surface area contributed by atoms with Gasteiger partial charge >= 0.3 is 12.1 Å². The van der Waals surface area contributed by atoms with Crippen LogP contribution < -0.4 is 10.6 Å². The van der Waals surface area contributed by atoms with Crippen molar-refractivity contribution in [3.8, 4) is 0 Å². The molecule has 2 rings (SSSR count). The Kier molecular flexibility index (Phi) is 8.30. The SMILES string of the molecule is O=C(O)CCC(=O)Nc1ccc(SCC(=O)Nc2c(F)c(F)c(C(F)(F)F)c(F)c2F)cc1. The number of hydrogen-bond acceptors (Lipinski definition) is 4. The zero-order chi connectivity index (χ0) is 24.9. The number of benzene rings is 2. The van der Waals surface area contributed by atoms with Crippen molar-refractivity contribution in [1.29, 1.82) is 0 Å². The minimum absolute atomic E-state index is 0.246. The number of hydrogen-bond donors (Lipinski definition) is 3. The lowest BCUT2D eigenvalue weighted by molar-refractivity contribution is -0.143. The minimum Gasteiger partial charge on any atom is -0.481 e. The Morgan fingerprint density at radius 1 is 0.818 bits per heavy atom. The number of alkyl halides is 3. The smallest absolute Gasteiger partial charge is 0.422 e. The molecule has 0 heterocycles. The Morgan fingerprint density at radius 3 is 1.85 bits per heavy atom. The number of thioether (sulfide) groups is 1. The Balaban J connectivity index is 2.01. The first kappa shape index (κ1) is 26.0. The molecule has 0 bridgehead atoms. The first-order valence-electron chi connectivity index (χ1n) is 8.78. The van der Waals surface area contributed by atoms with Gasteiger partial charge in [-0.05, 0) is 24.3 Å². The fourth-order valence-corrected chi connectivity index (χ4v) is 3.09. The summed E-state index contributed by atoms with van der Waals surface area (Å²) in [5, 5.41) is 12.5. The molecule has 2 aromatic rings. The van der Waals surface area contributed by atoms with E-state index in [1.165, 1.54) is 29.6 Å². The highest BCUT2D eigenvalue weighted by Crippen LogP contribution is 2.38. The maximum Gasteiger partial charge on any atom is 0.422 e. The first-order chi connectivity index (χ1) is 15.3. The van der Waals surface area contributed by atoms with Gasteiger partial charge in [-0.15, -0.1) is 11.8 Å². The fraction of sp³-hybridized carbons (Fsp3) is 0.211. The number of amides is 2. The Labute approximate surface area is 185 Å². The molecule has 178 valence electrons. The number of anilines is 2. The summed E-state index contributed by atoms with van der Waals surface area (Å²) in [5.74, 6) is -13.6. The predicted octanol–water partition coefficient (Wildman–Crippen LogP) is 4.80. The number of halogens is 7. The van der Waals surface area contributed by atoms with E-state index in [9.17, 15) is 45.1 Å². The molecule has 2 amide bonds. The monoisotopic (exact) mass is 498 g/mol. The van der Waals surface area contributed by atoms with Gasteiger partial charge in [-0.3, -0.25) is 14.4 Å². The third-order valence-corrected chi connectivity index (χ3v) is 4.90. The highest BCUT2D eigenvalue weighted by molar-refractivity contribution is 8.00. The van der Waals surface area contributed by atoms with Gasteiger partial charge in [-0.25, -0.2) is 17.6 Å². The van der Waals surface area contributed by atoms with E-state index in [2.05, 4.69) is 5.32 Å². The van der Waals surface area contributed by atoms with Crippen molar-refractivity contribution < 1.29 is 50.2 Å². The van der Waals surface area contributed by atoms with E-state index in [0.717, 1.165) is 11.8 Å². The van der Waals surface area contributed by atoms with Crippen LogP contribution in [0.5, 0.6) is 0 Å². The summed E-state index contributed by atoms with van der Waals surface area (Å²) in [4.78, 5) is 34.3. The molecule has 3 N–H and O–H groups in total. The normalized spacial score (nSPS) is 11.2. The summed E-state index contributed by atoms with van der Waals surface area (Å²) < 4.78 is 92.6. The van der Waals surface area contributed by atoms with Crippen LogP contribution in [0.3, 0.4) is 0 Å². The van der Waals surface area contributed by atoms with Crippen LogP contribution in [0.25, 0.3) is 0 Å². The summed E-state index contributed by atoms with van der Waals surface area (Å²) in [7, 11) is 0. The van der Waals surface area contributed by atoms with Gasteiger partial charge < -0.3 is 15.7 Å².